The van der Waals surface area contributed by atoms with Crippen LogP contribution in [-0.2, 0) is 10.1 Å². The third kappa shape index (κ3) is 6.66. The molecule has 0 aliphatic heterocycles. The van der Waals surface area contributed by atoms with E-state index in [0.29, 0.717) is 23.1 Å². The van der Waals surface area contributed by atoms with Gasteiger partial charge in [-0.2, -0.15) is 0 Å². The standard InChI is InChI=1S/C15H24.C10H8O3S.Na/c1-10(2)13-8-7-9-14(11(3)4)15(13)12(5)6;11-14(12,13)10-7-3-5-8-4-1-2-6-9(8)10;/h7-12H,1-6H3;1-7H,(H,11,12,13);/q;;+1/p-1. The molecule has 0 aliphatic rings. The van der Waals surface area contributed by atoms with Crippen LogP contribution >= 0.6 is 0 Å². The predicted molar refractivity (Wildman–Crippen MR) is 121 cm³/mol. The molecule has 3 nitrogen and oxygen atoms in total. The molecule has 0 aliphatic carbocycles. The fourth-order valence-corrected chi connectivity index (χ4v) is 4.39. The van der Waals surface area contributed by atoms with Gasteiger partial charge in [-0.15, -0.1) is 0 Å². The van der Waals surface area contributed by atoms with E-state index < -0.39 is 10.1 Å². The van der Waals surface area contributed by atoms with Crippen molar-refractivity contribution in [1.82, 2.24) is 0 Å². The van der Waals surface area contributed by atoms with Crippen LogP contribution in [0.1, 0.15) is 76.0 Å². The van der Waals surface area contributed by atoms with Crippen molar-refractivity contribution in [2.24, 2.45) is 0 Å². The molecule has 0 unspecified atom stereocenters. The van der Waals surface area contributed by atoms with Gasteiger partial charge in [0.05, 0.1) is 4.90 Å². The van der Waals surface area contributed by atoms with Crippen molar-refractivity contribution < 1.29 is 42.5 Å². The minimum atomic E-state index is -4.38. The fourth-order valence-electron chi connectivity index (χ4n) is 3.69. The van der Waals surface area contributed by atoms with Crippen LogP contribution < -0.4 is 29.6 Å². The Labute approximate surface area is 204 Å². The van der Waals surface area contributed by atoms with E-state index in [1.165, 1.54) is 17.2 Å². The van der Waals surface area contributed by atoms with E-state index >= 15 is 0 Å². The minimum absolute atomic E-state index is 0. The first-order chi connectivity index (χ1) is 13.5. The molecule has 5 heteroatoms. The summed E-state index contributed by atoms with van der Waals surface area (Å²) in [4.78, 5) is -0.157. The molecule has 0 fully saturated rings. The molecular weight excluding hydrogens is 403 g/mol. The van der Waals surface area contributed by atoms with Crippen molar-refractivity contribution in [2.45, 2.75) is 64.2 Å². The first-order valence-electron chi connectivity index (χ1n) is 10.1. The van der Waals surface area contributed by atoms with Gasteiger partial charge in [0.25, 0.3) is 0 Å². The van der Waals surface area contributed by atoms with Crippen molar-refractivity contribution in [3.05, 3.63) is 77.4 Å². The molecule has 0 N–H and O–H groups in total. The summed E-state index contributed by atoms with van der Waals surface area (Å²) in [7, 11) is -4.38. The van der Waals surface area contributed by atoms with Crippen LogP contribution in [0.2, 0.25) is 0 Å². The molecule has 0 spiro atoms. The van der Waals surface area contributed by atoms with Crippen molar-refractivity contribution in [3.63, 3.8) is 0 Å². The van der Waals surface area contributed by atoms with Crippen molar-refractivity contribution in [2.75, 3.05) is 0 Å². The molecule has 0 amide bonds. The number of hydrogen-bond acceptors (Lipinski definition) is 3. The van der Waals surface area contributed by atoms with Crippen LogP contribution in [0.3, 0.4) is 0 Å². The van der Waals surface area contributed by atoms with Gasteiger partial charge in [0.1, 0.15) is 10.1 Å². The maximum absolute atomic E-state index is 10.9. The molecule has 0 atom stereocenters. The van der Waals surface area contributed by atoms with Gasteiger partial charge in [-0.3, -0.25) is 0 Å². The average molecular weight is 435 g/mol. The van der Waals surface area contributed by atoms with Crippen LogP contribution in [0.5, 0.6) is 0 Å². The van der Waals surface area contributed by atoms with E-state index in [1.807, 2.05) is 0 Å². The van der Waals surface area contributed by atoms with Crippen molar-refractivity contribution >= 4 is 20.9 Å². The van der Waals surface area contributed by atoms with Gasteiger partial charge >= 0.3 is 29.6 Å². The van der Waals surface area contributed by atoms with Crippen LogP contribution in [0, 0.1) is 0 Å². The zero-order valence-corrected chi connectivity index (χ0v) is 22.0. The average Bonchev–Trinajstić information content (AvgIpc) is 2.66. The largest absolute Gasteiger partial charge is 1.00 e. The van der Waals surface area contributed by atoms with Crippen LogP contribution in [0.25, 0.3) is 10.8 Å². The number of benzene rings is 3. The molecule has 0 saturated carbocycles. The third-order valence-corrected chi connectivity index (χ3v) is 5.91. The molecular formula is C25H31NaO3S. The first kappa shape index (κ1) is 26.9. The summed E-state index contributed by atoms with van der Waals surface area (Å²) in [6.07, 6.45) is 0. The zero-order valence-electron chi connectivity index (χ0n) is 19.1. The van der Waals surface area contributed by atoms with Gasteiger partial charge in [-0.05, 0) is 51.3 Å². The summed E-state index contributed by atoms with van der Waals surface area (Å²) in [5, 5.41) is 1.23. The molecule has 156 valence electrons. The quantitative estimate of drug-likeness (QED) is 0.464. The van der Waals surface area contributed by atoms with E-state index in [-0.39, 0.29) is 34.5 Å². The van der Waals surface area contributed by atoms with Gasteiger partial charge in [-0.1, -0.05) is 96.1 Å². The molecule has 0 aromatic heterocycles. The second kappa shape index (κ2) is 11.4. The maximum atomic E-state index is 10.9. The van der Waals surface area contributed by atoms with Crippen LogP contribution in [0.4, 0.5) is 0 Å². The van der Waals surface area contributed by atoms with Gasteiger partial charge in [0, 0.05) is 0 Å². The Hall–Kier alpha value is -1.17. The Morgan fingerprint density at radius 3 is 1.60 bits per heavy atom. The van der Waals surface area contributed by atoms with Crippen LogP contribution in [-0.4, -0.2) is 13.0 Å². The molecule has 3 aromatic carbocycles. The van der Waals surface area contributed by atoms with E-state index in [4.69, 9.17) is 0 Å². The molecule has 3 aromatic rings. The van der Waals surface area contributed by atoms with E-state index in [1.54, 1.807) is 42.0 Å². The summed E-state index contributed by atoms with van der Waals surface area (Å²) in [6, 6.07) is 18.3. The predicted octanol–water partition coefficient (Wildman–Crippen LogP) is 3.80. The van der Waals surface area contributed by atoms with Gasteiger partial charge in [0.15, 0.2) is 0 Å². The Morgan fingerprint density at radius 1 is 0.667 bits per heavy atom. The molecule has 3 rings (SSSR count). The van der Waals surface area contributed by atoms with Crippen molar-refractivity contribution in [3.8, 4) is 0 Å². The normalized spacial score (nSPS) is 11.4. The summed E-state index contributed by atoms with van der Waals surface area (Å²) in [6.45, 7) is 13.7. The number of fused-ring (bicyclic) bond motifs is 1. The molecule has 0 saturated heterocycles. The Morgan fingerprint density at radius 2 is 1.13 bits per heavy atom. The Kier molecular flexibility index (Phi) is 10.3. The SMILES string of the molecule is CC(C)c1cccc(C(C)C)c1C(C)C.O=S(=O)([O-])c1cccc2ccccc12.[Na+]. The topological polar surface area (TPSA) is 57.2 Å². The summed E-state index contributed by atoms with van der Waals surface area (Å²) >= 11 is 0. The summed E-state index contributed by atoms with van der Waals surface area (Å²) < 4.78 is 32.7. The van der Waals surface area contributed by atoms with Crippen LogP contribution in [0.15, 0.2) is 65.6 Å². The third-order valence-electron chi connectivity index (χ3n) is 5.01. The van der Waals surface area contributed by atoms with Gasteiger partial charge in [0.2, 0.25) is 0 Å². The van der Waals surface area contributed by atoms with E-state index in [0.717, 1.165) is 5.39 Å². The van der Waals surface area contributed by atoms with Gasteiger partial charge in [-0.25, -0.2) is 8.42 Å². The van der Waals surface area contributed by atoms with Crippen molar-refractivity contribution in [1.29, 1.82) is 0 Å². The minimum Gasteiger partial charge on any atom is -0.744 e. The molecule has 30 heavy (non-hydrogen) atoms. The molecule has 0 bridgehead atoms. The zero-order chi connectivity index (χ0) is 21.8. The van der Waals surface area contributed by atoms with E-state index in [9.17, 15) is 13.0 Å². The Bertz CT molecular complexity index is 1040. The smallest absolute Gasteiger partial charge is 0.744 e. The Balaban J connectivity index is 0.000000291. The maximum Gasteiger partial charge on any atom is 1.00 e. The second-order valence-electron chi connectivity index (χ2n) is 8.25. The first-order valence-corrected chi connectivity index (χ1v) is 11.5. The monoisotopic (exact) mass is 434 g/mol. The van der Waals surface area contributed by atoms with E-state index in [2.05, 4.69) is 59.7 Å². The second-order valence-corrected chi connectivity index (χ2v) is 9.59. The van der Waals surface area contributed by atoms with Gasteiger partial charge < -0.3 is 4.55 Å². The molecule has 0 heterocycles. The fraction of sp³-hybridized carbons (Fsp3) is 0.360. The summed E-state index contributed by atoms with van der Waals surface area (Å²) in [5.41, 5.74) is 4.62. The molecule has 0 radical (unpaired) electrons. The number of rotatable bonds is 4. The summed E-state index contributed by atoms with van der Waals surface area (Å²) in [5.74, 6) is 1.88. The number of hydrogen-bond donors (Lipinski definition) is 0.